The van der Waals surface area contributed by atoms with Crippen LogP contribution in [-0.4, -0.2) is 48.6 Å². The number of hydrogen-bond donors (Lipinski definition) is 0. The Morgan fingerprint density at radius 3 is 2.80 bits per heavy atom. The van der Waals surface area contributed by atoms with Crippen LogP contribution in [0.15, 0.2) is 35.6 Å². The van der Waals surface area contributed by atoms with Crippen LogP contribution in [0.4, 0.5) is 0 Å². The van der Waals surface area contributed by atoms with Gasteiger partial charge in [0.25, 0.3) is 5.91 Å². The molecule has 0 aromatic heterocycles. The maximum absolute atomic E-state index is 13.6. The number of hydrogen-bond acceptors (Lipinski definition) is 5. The Bertz CT molecular complexity index is 872. The molecule has 1 saturated carbocycles. The molecule has 0 bridgehead atoms. The van der Waals surface area contributed by atoms with Crippen molar-refractivity contribution in [2.45, 2.75) is 63.7 Å². The van der Waals surface area contributed by atoms with Crippen LogP contribution in [-0.2, 0) is 19.1 Å². The van der Waals surface area contributed by atoms with E-state index < -0.39 is 6.04 Å². The van der Waals surface area contributed by atoms with Gasteiger partial charge in [0.15, 0.2) is 11.5 Å². The number of benzene rings is 1. The third-order valence-electron chi connectivity index (χ3n) is 6.77. The molecule has 1 amide bonds. The number of fused-ring (bicyclic) bond motifs is 1. The molecule has 5 rings (SSSR count). The van der Waals surface area contributed by atoms with E-state index in [2.05, 4.69) is 0 Å². The van der Waals surface area contributed by atoms with E-state index in [9.17, 15) is 9.59 Å². The van der Waals surface area contributed by atoms with E-state index in [4.69, 9.17) is 14.2 Å². The highest BCUT2D eigenvalue weighted by molar-refractivity contribution is 6.11. The molecule has 2 fully saturated rings. The number of carbonyl (C=O) groups excluding carboxylic acids is 2. The van der Waals surface area contributed by atoms with E-state index >= 15 is 0 Å². The third kappa shape index (κ3) is 3.31. The van der Waals surface area contributed by atoms with Crippen molar-refractivity contribution >= 4 is 11.7 Å². The van der Waals surface area contributed by atoms with Crippen molar-refractivity contribution in [2.24, 2.45) is 5.92 Å². The predicted octanol–water partition coefficient (Wildman–Crippen LogP) is 3.56. The number of amides is 1. The van der Waals surface area contributed by atoms with E-state index in [1.54, 1.807) is 4.90 Å². The highest BCUT2D eigenvalue weighted by atomic mass is 16.5. The van der Waals surface area contributed by atoms with Crippen molar-refractivity contribution in [1.82, 2.24) is 4.90 Å². The summed E-state index contributed by atoms with van der Waals surface area (Å²) in [6, 6.07) is 7.30. The van der Waals surface area contributed by atoms with Crippen LogP contribution >= 0.6 is 0 Å². The lowest BCUT2D eigenvalue weighted by Crippen LogP contribution is -2.39. The molecule has 1 saturated heterocycles. The van der Waals surface area contributed by atoms with Crippen LogP contribution in [0.3, 0.4) is 0 Å². The average molecular weight is 411 g/mol. The van der Waals surface area contributed by atoms with Gasteiger partial charge >= 0.3 is 0 Å². The van der Waals surface area contributed by atoms with E-state index in [1.165, 1.54) is 0 Å². The number of ketones is 1. The summed E-state index contributed by atoms with van der Waals surface area (Å²) < 4.78 is 17.7. The molecule has 0 N–H and O–H groups in total. The third-order valence-corrected chi connectivity index (χ3v) is 6.77. The summed E-state index contributed by atoms with van der Waals surface area (Å²) in [5.74, 6) is 0.799. The maximum atomic E-state index is 13.6. The Morgan fingerprint density at radius 1 is 1.13 bits per heavy atom. The van der Waals surface area contributed by atoms with Crippen molar-refractivity contribution in [2.75, 3.05) is 19.8 Å². The molecule has 0 spiro atoms. The first-order chi connectivity index (χ1) is 14.7. The molecule has 0 radical (unpaired) electrons. The summed E-state index contributed by atoms with van der Waals surface area (Å²) in [7, 11) is 0. The molecule has 1 aromatic carbocycles. The second-order valence-corrected chi connectivity index (χ2v) is 8.65. The van der Waals surface area contributed by atoms with Gasteiger partial charge in [-0.3, -0.25) is 9.59 Å². The lowest BCUT2D eigenvalue weighted by atomic mass is 9.77. The van der Waals surface area contributed by atoms with Crippen molar-refractivity contribution in [3.05, 3.63) is 41.2 Å². The second kappa shape index (κ2) is 8.06. The largest absolute Gasteiger partial charge is 0.494 e. The number of nitrogens with zero attached hydrogens (tertiary/aromatic N) is 1. The Hall–Kier alpha value is -2.34. The first-order valence-electron chi connectivity index (χ1n) is 11.3. The van der Waals surface area contributed by atoms with Crippen molar-refractivity contribution in [3.63, 3.8) is 0 Å². The van der Waals surface area contributed by atoms with Crippen molar-refractivity contribution in [3.8, 4) is 5.75 Å². The SMILES string of the molecule is CCOc1cccc(C2C3=C(OC4CCCCC4C3=O)C(=O)N2CC2CCCO2)c1. The minimum Gasteiger partial charge on any atom is -0.494 e. The normalized spacial score (nSPS) is 30.9. The van der Waals surface area contributed by atoms with Gasteiger partial charge in [-0.2, -0.15) is 0 Å². The lowest BCUT2D eigenvalue weighted by Gasteiger charge is -2.35. The molecule has 6 nitrogen and oxygen atoms in total. The molecular formula is C24H29NO5. The van der Waals surface area contributed by atoms with Gasteiger partial charge < -0.3 is 19.1 Å². The van der Waals surface area contributed by atoms with Crippen LogP contribution in [0.2, 0.25) is 0 Å². The standard InChI is InChI=1S/C24H29NO5/c1-2-28-16-8-5-7-15(13-16)21-20-22(26)18-10-3-4-11-19(18)30-23(20)24(27)25(21)14-17-9-6-12-29-17/h5,7-8,13,17-19,21H,2-4,6,9-12,14H2,1H3. The Balaban J connectivity index is 1.55. The van der Waals surface area contributed by atoms with Crippen LogP contribution in [0.5, 0.6) is 5.75 Å². The number of rotatable bonds is 5. The fourth-order valence-electron chi connectivity index (χ4n) is 5.38. The molecule has 3 heterocycles. The summed E-state index contributed by atoms with van der Waals surface area (Å²) in [5, 5.41) is 0. The van der Waals surface area contributed by atoms with Crippen LogP contribution in [0.1, 0.15) is 57.1 Å². The second-order valence-electron chi connectivity index (χ2n) is 8.65. The van der Waals surface area contributed by atoms with Crippen LogP contribution in [0, 0.1) is 5.92 Å². The summed E-state index contributed by atoms with van der Waals surface area (Å²) in [5.41, 5.74) is 1.43. The maximum Gasteiger partial charge on any atom is 0.290 e. The molecule has 4 unspecified atom stereocenters. The van der Waals surface area contributed by atoms with Gasteiger partial charge in [-0.15, -0.1) is 0 Å². The van der Waals surface area contributed by atoms with Gasteiger partial charge in [-0.05, 0) is 56.7 Å². The molecule has 6 heteroatoms. The minimum atomic E-state index is -0.438. The molecule has 1 aromatic rings. The van der Waals surface area contributed by atoms with Crippen LogP contribution < -0.4 is 4.74 Å². The summed E-state index contributed by atoms with van der Waals surface area (Å²) in [6.07, 6.45) is 5.55. The van der Waals surface area contributed by atoms with E-state index in [0.717, 1.165) is 56.4 Å². The minimum absolute atomic E-state index is 0.00487. The van der Waals surface area contributed by atoms with Gasteiger partial charge in [0.05, 0.1) is 30.2 Å². The van der Waals surface area contributed by atoms with Gasteiger partial charge in [-0.25, -0.2) is 0 Å². The van der Waals surface area contributed by atoms with E-state index in [-0.39, 0.29) is 35.6 Å². The molecule has 4 aliphatic rings. The van der Waals surface area contributed by atoms with Gasteiger partial charge in [0, 0.05) is 13.2 Å². The van der Waals surface area contributed by atoms with Crippen molar-refractivity contribution < 1.29 is 23.8 Å². The Morgan fingerprint density at radius 2 is 2.00 bits per heavy atom. The molecule has 3 aliphatic heterocycles. The molecule has 30 heavy (non-hydrogen) atoms. The fraction of sp³-hybridized carbons (Fsp3) is 0.583. The fourth-order valence-corrected chi connectivity index (χ4v) is 5.38. The summed E-state index contributed by atoms with van der Waals surface area (Å²) >= 11 is 0. The monoisotopic (exact) mass is 411 g/mol. The zero-order valence-electron chi connectivity index (χ0n) is 17.5. The highest BCUT2D eigenvalue weighted by Gasteiger charge is 2.52. The quantitative estimate of drug-likeness (QED) is 0.741. The number of carbonyl (C=O) groups is 2. The van der Waals surface area contributed by atoms with Crippen LogP contribution in [0.25, 0.3) is 0 Å². The topological polar surface area (TPSA) is 65.1 Å². The summed E-state index contributed by atoms with van der Waals surface area (Å²) in [6.45, 7) is 3.70. The van der Waals surface area contributed by atoms with E-state index in [1.807, 2.05) is 31.2 Å². The smallest absolute Gasteiger partial charge is 0.290 e. The number of Topliss-reactive ketones (excluding diaryl/α,β-unsaturated/α-hetero) is 1. The zero-order chi connectivity index (χ0) is 20.7. The first-order valence-corrected chi connectivity index (χ1v) is 11.3. The molecule has 1 aliphatic carbocycles. The van der Waals surface area contributed by atoms with Gasteiger partial charge in [-0.1, -0.05) is 18.6 Å². The average Bonchev–Trinajstić information content (AvgIpc) is 3.37. The lowest BCUT2D eigenvalue weighted by molar-refractivity contribution is -0.136. The predicted molar refractivity (Wildman–Crippen MR) is 110 cm³/mol. The molecular weight excluding hydrogens is 382 g/mol. The first kappa shape index (κ1) is 19.6. The Labute approximate surface area is 177 Å². The molecule has 4 atom stereocenters. The zero-order valence-corrected chi connectivity index (χ0v) is 17.5. The Kier molecular flexibility index (Phi) is 5.27. The van der Waals surface area contributed by atoms with Gasteiger partial charge in [0.1, 0.15) is 11.9 Å². The highest BCUT2D eigenvalue weighted by Crippen LogP contribution is 2.47. The summed E-state index contributed by atoms with van der Waals surface area (Å²) in [4.78, 5) is 28.8. The number of ether oxygens (including phenoxy) is 3. The van der Waals surface area contributed by atoms with Gasteiger partial charge in [0.2, 0.25) is 0 Å². The van der Waals surface area contributed by atoms with E-state index in [0.29, 0.717) is 18.7 Å². The van der Waals surface area contributed by atoms with Crippen molar-refractivity contribution in [1.29, 1.82) is 0 Å². The molecule has 160 valence electrons.